The van der Waals surface area contributed by atoms with Gasteiger partial charge in [0, 0.05) is 19.1 Å². The third-order valence-corrected chi connectivity index (χ3v) is 4.27. The molecule has 0 saturated carbocycles. The van der Waals surface area contributed by atoms with E-state index in [1.807, 2.05) is 6.92 Å². The van der Waals surface area contributed by atoms with Crippen molar-refractivity contribution in [2.45, 2.75) is 25.9 Å². The Labute approximate surface area is 102 Å². The smallest absolute Gasteiger partial charge is 0.218 e. The Balaban J connectivity index is 2.42. The minimum atomic E-state index is -3.37. The molecule has 16 heavy (non-hydrogen) atoms. The van der Waals surface area contributed by atoms with Crippen molar-refractivity contribution in [1.29, 1.82) is 0 Å². The van der Waals surface area contributed by atoms with E-state index in [9.17, 15) is 8.42 Å². The van der Waals surface area contributed by atoms with Crippen molar-refractivity contribution in [2.24, 2.45) is 11.7 Å². The van der Waals surface area contributed by atoms with Crippen molar-refractivity contribution in [2.75, 3.05) is 18.9 Å². The Kier molecular flexibility index (Phi) is 5.10. The first-order chi connectivity index (χ1) is 7.44. The van der Waals surface area contributed by atoms with Crippen LogP contribution in [0.2, 0.25) is 0 Å². The zero-order valence-electron chi connectivity index (χ0n) is 9.31. The first-order valence-electron chi connectivity index (χ1n) is 5.32. The molecule has 1 aliphatic heterocycles. The highest BCUT2D eigenvalue weighted by Crippen LogP contribution is 2.22. The van der Waals surface area contributed by atoms with E-state index < -0.39 is 10.0 Å². The van der Waals surface area contributed by atoms with Crippen LogP contribution in [0.4, 0.5) is 0 Å². The first-order valence-corrected chi connectivity index (χ1v) is 7.38. The van der Waals surface area contributed by atoms with Gasteiger partial charge in [0.1, 0.15) is 5.75 Å². The molecule has 7 heteroatoms. The maximum absolute atomic E-state index is 11.5. The Morgan fingerprint density at radius 2 is 2.31 bits per heavy atom. The van der Waals surface area contributed by atoms with Crippen LogP contribution in [0, 0.1) is 5.92 Å². The number of nitrogens with one attached hydrogen (secondary N) is 1. The van der Waals surface area contributed by atoms with Gasteiger partial charge >= 0.3 is 0 Å². The van der Waals surface area contributed by atoms with E-state index in [1.54, 1.807) is 0 Å². The molecule has 1 heterocycles. The Morgan fingerprint density at radius 1 is 1.62 bits per heavy atom. The van der Waals surface area contributed by atoms with Crippen molar-refractivity contribution in [3.63, 3.8) is 0 Å². The van der Waals surface area contributed by atoms with Crippen molar-refractivity contribution >= 4 is 27.2 Å². The first kappa shape index (κ1) is 13.8. The molecule has 0 bridgehead atoms. The van der Waals surface area contributed by atoms with Crippen LogP contribution in [0.25, 0.3) is 0 Å². The molecule has 1 fully saturated rings. The molecule has 5 nitrogen and oxygen atoms in total. The number of rotatable bonds is 6. The standard InChI is InChI=1S/C9H18N2O3S2/c1-2-8-7(3-4-14-8)5-11-16(12,13)6-9(10)15/h7-8,11H,2-6H2,1H3,(H2,10,15). The largest absolute Gasteiger partial charge is 0.392 e. The highest BCUT2D eigenvalue weighted by atomic mass is 32.2. The molecular weight excluding hydrogens is 248 g/mol. The van der Waals surface area contributed by atoms with Crippen LogP contribution in [-0.2, 0) is 14.8 Å². The molecule has 2 atom stereocenters. The van der Waals surface area contributed by atoms with Gasteiger partial charge in [-0.3, -0.25) is 0 Å². The molecule has 94 valence electrons. The molecule has 0 radical (unpaired) electrons. The summed E-state index contributed by atoms with van der Waals surface area (Å²) in [6.07, 6.45) is 1.96. The number of nitrogens with two attached hydrogens (primary N) is 1. The van der Waals surface area contributed by atoms with Crippen molar-refractivity contribution in [1.82, 2.24) is 4.72 Å². The second kappa shape index (κ2) is 5.90. The fourth-order valence-electron chi connectivity index (χ4n) is 1.85. The molecule has 0 aromatic rings. The van der Waals surface area contributed by atoms with Crippen LogP contribution < -0.4 is 10.5 Å². The molecule has 0 aliphatic carbocycles. The Hall–Kier alpha value is -0.240. The number of sulfonamides is 1. The molecule has 3 N–H and O–H groups in total. The van der Waals surface area contributed by atoms with Gasteiger partial charge in [-0.25, -0.2) is 13.1 Å². The number of hydrogen-bond donors (Lipinski definition) is 2. The summed E-state index contributed by atoms with van der Waals surface area (Å²) < 4.78 is 30.9. The SMILES string of the molecule is CCC1OCCC1CNS(=O)(=O)CC(N)=S. The molecule has 2 unspecified atom stereocenters. The van der Waals surface area contributed by atoms with Crippen molar-refractivity contribution < 1.29 is 13.2 Å². The molecule has 0 aromatic heterocycles. The van der Waals surface area contributed by atoms with Crippen LogP contribution in [0.15, 0.2) is 0 Å². The predicted octanol–water partition coefficient (Wildman–Crippen LogP) is 0.00700. The number of hydrogen-bond acceptors (Lipinski definition) is 4. The van der Waals surface area contributed by atoms with E-state index in [4.69, 9.17) is 10.5 Å². The average Bonchev–Trinajstić information content (AvgIpc) is 2.59. The summed E-state index contributed by atoms with van der Waals surface area (Å²) in [5, 5.41) is 0. The van der Waals surface area contributed by atoms with Gasteiger partial charge in [-0.1, -0.05) is 19.1 Å². The predicted molar refractivity (Wildman–Crippen MR) is 66.7 cm³/mol. The van der Waals surface area contributed by atoms with Crippen LogP contribution in [-0.4, -0.2) is 38.4 Å². The summed E-state index contributed by atoms with van der Waals surface area (Å²) in [4.78, 5) is -0.0118. The van der Waals surface area contributed by atoms with E-state index in [2.05, 4.69) is 16.9 Å². The monoisotopic (exact) mass is 266 g/mol. The summed E-state index contributed by atoms with van der Waals surface area (Å²) in [5.74, 6) is -0.0294. The van der Waals surface area contributed by atoms with E-state index >= 15 is 0 Å². The van der Waals surface area contributed by atoms with Gasteiger partial charge in [-0.2, -0.15) is 0 Å². The van der Waals surface area contributed by atoms with Crippen molar-refractivity contribution in [3.05, 3.63) is 0 Å². The van der Waals surface area contributed by atoms with Gasteiger partial charge < -0.3 is 10.5 Å². The van der Waals surface area contributed by atoms with Crippen LogP contribution in [0.1, 0.15) is 19.8 Å². The van der Waals surface area contributed by atoms with Gasteiger partial charge in [0.05, 0.1) is 11.1 Å². The zero-order valence-corrected chi connectivity index (χ0v) is 10.9. The Bertz CT molecular complexity index is 343. The highest BCUT2D eigenvalue weighted by Gasteiger charge is 2.27. The zero-order chi connectivity index (χ0) is 12.2. The fourth-order valence-corrected chi connectivity index (χ4v) is 3.26. The van der Waals surface area contributed by atoms with Crippen LogP contribution >= 0.6 is 12.2 Å². The lowest BCUT2D eigenvalue weighted by molar-refractivity contribution is 0.0885. The molecule has 0 aromatic carbocycles. The highest BCUT2D eigenvalue weighted by molar-refractivity contribution is 7.92. The molecule has 1 rings (SSSR count). The minimum Gasteiger partial charge on any atom is -0.392 e. The van der Waals surface area contributed by atoms with Gasteiger partial charge in [-0.05, 0) is 12.8 Å². The quantitative estimate of drug-likeness (QED) is 0.662. The van der Waals surface area contributed by atoms with Crippen molar-refractivity contribution in [3.8, 4) is 0 Å². The Morgan fingerprint density at radius 3 is 2.88 bits per heavy atom. The summed E-state index contributed by atoms with van der Waals surface area (Å²) in [6.45, 7) is 3.15. The van der Waals surface area contributed by atoms with Gasteiger partial charge in [0.25, 0.3) is 0 Å². The molecular formula is C9H18N2O3S2. The second-order valence-electron chi connectivity index (χ2n) is 3.94. The average molecular weight is 266 g/mol. The molecule has 1 saturated heterocycles. The third-order valence-electron chi connectivity index (χ3n) is 2.65. The van der Waals surface area contributed by atoms with E-state index in [1.165, 1.54) is 0 Å². The molecule has 0 amide bonds. The van der Waals surface area contributed by atoms with Gasteiger partial charge in [-0.15, -0.1) is 0 Å². The number of thiocarbonyl (C=S) groups is 1. The van der Waals surface area contributed by atoms with E-state index in [0.717, 1.165) is 12.8 Å². The number of ether oxygens (including phenoxy) is 1. The van der Waals surface area contributed by atoms with E-state index in [0.29, 0.717) is 13.2 Å². The molecule has 0 spiro atoms. The summed E-state index contributed by atoms with van der Waals surface area (Å²) in [7, 11) is -3.37. The third kappa shape index (κ3) is 4.32. The van der Waals surface area contributed by atoms with Gasteiger partial charge in [0.2, 0.25) is 10.0 Å². The van der Waals surface area contributed by atoms with Crippen LogP contribution in [0.3, 0.4) is 0 Å². The summed E-state index contributed by atoms with van der Waals surface area (Å²) >= 11 is 4.57. The fraction of sp³-hybridized carbons (Fsp3) is 0.889. The van der Waals surface area contributed by atoms with Gasteiger partial charge in [0.15, 0.2) is 0 Å². The van der Waals surface area contributed by atoms with Crippen LogP contribution in [0.5, 0.6) is 0 Å². The normalized spacial score (nSPS) is 25.8. The maximum atomic E-state index is 11.5. The lowest BCUT2D eigenvalue weighted by atomic mass is 10.0. The summed E-state index contributed by atoms with van der Waals surface area (Å²) in [5.41, 5.74) is 5.20. The van der Waals surface area contributed by atoms with E-state index in [-0.39, 0.29) is 22.8 Å². The lowest BCUT2D eigenvalue weighted by Gasteiger charge is -2.17. The summed E-state index contributed by atoms with van der Waals surface area (Å²) in [6, 6.07) is 0. The minimum absolute atomic E-state index is 0.0118. The molecule has 1 aliphatic rings. The topological polar surface area (TPSA) is 81.4 Å². The second-order valence-corrected chi connectivity index (χ2v) is 6.27. The lowest BCUT2D eigenvalue weighted by Crippen LogP contribution is -2.37. The maximum Gasteiger partial charge on any atom is 0.218 e.